The van der Waals surface area contributed by atoms with Crippen LogP contribution in [-0.2, 0) is 4.79 Å². The third kappa shape index (κ3) is 2.41. The van der Waals surface area contributed by atoms with Crippen LogP contribution in [0.5, 0.6) is 0 Å². The molecule has 1 atom stereocenters. The van der Waals surface area contributed by atoms with Crippen LogP contribution < -0.4 is 0 Å². The monoisotopic (exact) mass is 364 g/mol. The lowest BCUT2D eigenvalue weighted by Gasteiger charge is -2.37. The standard InChI is InChI=1S/C16H17BrN2O3/c1-16(15(21)22)7-4-8-19(9-16)14(20)13-12(17)10-5-2-3-6-11(10)18-13/h2-3,5-6,18H,4,7-9H2,1H3,(H,21,22). The maximum absolute atomic E-state index is 12.8. The van der Waals surface area contributed by atoms with Crippen LogP contribution in [0.4, 0.5) is 0 Å². The first-order valence-electron chi connectivity index (χ1n) is 7.21. The van der Waals surface area contributed by atoms with E-state index in [9.17, 15) is 14.7 Å². The highest BCUT2D eigenvalue weighted by Crippen LogP contribution is 2.33. The molecule has 1 unspecified atom stereocenters. The van der Waals surface area contributed by atoms with Gasteiger partial charge in [-0.05, 0) is 41.8 Å². The summed E-state index contributed by atoms with van der Waals surface area (Å²) >= 11 is 3.48. The van der Waals surface area contributed by atoms with Crippen molar-refractivity contribution in [2.45, 2.75) is 19.8 Å². The maximum atomic E-state index is 12.8. The zero-order chi connectivity index (χ0) is 15.9. The Morgan fingerprint density at radius 3 is 2.77 bits per heavy atom. The number of nitrogens with one attached hydrogen (secondary N) is 1. The minimum Gasteiger partial charge on any atom is -0.481 e. The van der Waals surface area contributed by atoms with Gasteiger partial charge in [0.1, 0.15) is 5.69 Å². The van der Waals surface area contributed by atoms with Gasteiger partial charge >= 0.3 is 5.97 Å². The van der Waals surface area contributed by atoms with Crippen LogP contribution >= 0.6 is 15.9 Å². The highest BCUT2D eigenvalue weighted by Gasteiger charge is 2.40. The van der Waals surface area contributed by atoms with Gasteiger partial charge in [-0.25, -0.2) is 0 Å². The molecule has 0 bridgehead atoms. The number of halogens is 1. The molecule has 1 saturated heterocycles. The lowest BCUT2D eigenvalue weighted by Crippen LogP contribution is -2.48. The number of aliphatic carboxylic acids is 1. The van der Waals surface area contributed by atoms with Crippen LogP contribution in [-0.4, -0.2) is 40.0 Å². The molecule has 0 saturated carbocycles. The van der Waals surface area contributed by atoms with Crippen molar-refractivity contribution >= 4 is 38.7 Å². The van der Waals surface area contributed by atoms with Crippen LogP contribution in [0, 0.1) is 5.41 Å². The lowest BCUT2D eigenvalue weighted by atomic mass is 9.82. The molecule has 6 heteroatoms. The Morgan fingerprint density at radius 1 is 1.36 bits per heavy atom. The number of carbonyl (C=O) groups is 2. The second-order valence-electron chi connectivity index (χ2n) is 6.06. The number of aromatic amines is 1. The van der Waals surface area contributed by atoms with E-state index in [1.54, 1.807) is 11.8 Å². The van der Waals surface area contributed by atoms with Gasteiger partial charge in [-0.2, -0.15) is 0 Å². The van der Waals surface area contributed by atoms with Crippen molar-refractivity contribution in [1.82, 2.24) is 9.88 Å². The number of hydrogen-bond donors (Lipinski definition) is 2. The molecule has 2 aromatic rings. The maximum Gasteiger partial charge on any atom is 0.311 e. The number of amides is 1. The molecule has 1 aliphatic rings. The fourth-order valence-electron chi connectivity index (χ4n) is 3.00. The molecule has 116 valence electrons. The summed E-state index contributed by atoms with van der Waals surface area (Å²) < 4.78 is 0.732. The predicted molar refractivity (Wildman–Crippen MR) is 86.9 cm³/mol. The normalized spacial score (nSPS) is 22.0. The first kappa shape index (κ1) is 15.1. The van der Waals surface area contributed by atoms with Gasteiger partial charge in [0.15, 0.2) is 0 Å². The number of H-pyrrole nitrogens is 1. The Labute approximate surface area is 136 Å². The molecule has 2 heterocycles. The molecule has 1 fully saturated rings. The first-order valence-corrected chi connectivity index (χ1v) is 8.00. The number of piperidine rings is 1. The van der Waals surface area contributed by atoms with Crippen LogP contribution in [0.25, 0.3) is 10.9 Å². The number of carboxylic acid groups (broad SMARTS) is 1. The second kappa shape index (κ2) is 5.43. The fraction of sp³-hybridized carbons (Fsp3) is 0.375. The Hall–Kier alpha value is -1.82. The molecule has 0 spiro atoms. The third-order valence-electron chi connectivity index (χ3n) is 4.36. The zero-order valence-corrected chi connectivity index (χ0v) is 13.8. The van der Waals surface area contributed by atoms with Gasteiger partial charge in [-0.15, -0.1) is 0 Å². The summed E-state index contributed by atoms with van der Waals surface area (Å²) in [7, 11) is 0. The molecule has 22 heavy (non-hydrogen) atoms. The van der Waals surface area contributed by atoms with E-state index in [1.807, 2.05) is 24.3 Å². The van der Waals surface area contributed by atoms with Crippen molar-refractivity contribution in [3.05, 3.63) is 34.4 Å². The first-order chi connectivity index (χ1) is 10.4. The number of carboxylic acids is 1. The Kier molecular flexibility index (Phi) is 3.72. The summed E-state index contributed by atoms with van der Waals surface area (Å²) in [4.78, 5) is 29.0. The van der Waals surface area contributed by atoms with Crippen LogP contribution in [0.2, 0.25) is 0 Å². The summed E-state index contributed by atoms with van der Waals surface area (Å²) in [5.74, 6) is -1.00. The molecule has 5 nitrogen and oxygen atoms in total. The number of benzene rings is 1. The Bertz CT molecular complexity index is 755. The highest BCUT2D eigenvalue weighted by molar-refractivity contribution is 9.10. The van der Waals surface area contributed by atoms with Crippen LogP contribution in [0.15, 0.2) is 28.7 Å². The van der Waals surface area contributed by atoms with E-state index in [1.165, 1.54) is 0 Å². The molecule has 1 aromatic carbocycles. The van der Waals surface area contributed by atoms with Crippen molar-refractivity contribution in [1.29, 1.82) is 0 Å². The lowest BCUT2D eigenvalue weighted by molar-refractivity contribution is -0.150. The van der Waals surface area contributed by atoms with Gasteiger partial charge in [0, 0.05) is 24.0 Å². The molecule has 3 rings (SSSR count). The number of likely N-dealkylation sites (tertiary alicyclic amines) is 1. The predicted octanol–water partition coefficient (Wildman–Crippen LogP) is 3.26. The van der Waals surface area contributed by atoms with Gasteiger partial charge < -0.3 is 15.0 Å². The quantitative estimate of drug-likeness (QED) is 0.858. The number of carbonyl (C=O) groups excluding carboxylic acids is 1. The summed E-state index contributed by atoms with van der Waals surface area (Å²) in [5, 5.41) is 10.3. The molecule has 1 aliphatic heterocycles. The molecular weight excluding hydrogens is 348 g/mol. The van der Waals surface area contributed by atoms with Crippen molar-refractivity contribution < 1.29 is 14.7 Å². The Morgan fingerprint density at radius 2 is 2.09 bits per heavy atom. The number of aromatic nitrogens is 1. The zero-order valence-electron chi connectivity index (χ0n) is 12.2. The summed E-state index contributed by atoms with van der Waals surface area (Å²) in [6.07, 6.45) is 1.30. The van der Waals surface area contributed by atoms with E-state index in [-0.39, 0.29) is 12.5 Å². The van der Waals surface area contributed by atoms with E-state index in [0.717, 1.165) is 15.4 Å². The van der Waals surface area contributed by atoms with Crippen molar-refractivity contribution in [2.24, 2.45) is 5.41 Å². The number of rotatable bonds is 2. The van der Waals surface area contributed by atoms with Gasteiger partial charge in [0.05, 0.1) is 9.89 Å². The topological polar surface area (TPSA) is 73.4 Å². The SMILES string of the molecule is CC1(C(=O)O)CCCN(C(=O)c2[nH]c3ccccc3c2Br)C1. The van der Waals surface area contributed by atoms with Gasteiger partial charge in [0.25, 0.3) is 5.91 Å². The number of para-hydroxylation sites is 1. The van der Waals surface area contributed by atoms with Gasteiger partial charge in [0.2, 0.25) is 0 Å². The molecule has 1 aromatic heterocycles. The minimum absolute atomic E-state index is 0.157. The van der Waals surface area contributed by atoms with Crippen molar-refractivity contribution in [3.8, 4) is 0 Å². The van der Waals surface area contributed by atoms with E-state index >= 15 is 0 Å². The van der Waals surface area contributed by atoms with E-state index in [0.29, 0.717) is 25.1 Å². The smallest absolute Gasteiger partial charge is 0.311 e. The van der Waals surface area contributed by atoms with Crippen LogP contribution in [0.1, 0.15) is 30.3 Å². The van der Waals surface area contributed by atoms with E-state index in [4.69, 9.17) is 0 Å². The summed E-state index contributed by atoms with van der Waals surface area (Å²) in [6, 6.07) is 7.66. The minimum atomic E-state index is -0.869. The summed E-state index contributed by atoms with van der Waals surface area (Å²) in [6.45, 7) is 2.53. The van der Waals surface area contributed by atoms with Gasteiger partial charge in [-0.3, -0.25) is 9.59 Å². The van der Waals surface area contributed by atoms with E-state index in [2.05, 4.69) is 20.9 Å². The van der Waals surface area contributed by atoms with Crippen molar-refractivity contribution in [3.63, 3.8) is 0 Å². The molecule has 1 amide bonds. The summed E-state index contributed by atoms with van der Waals surface area (Å²) in [5.41, 5.74) is 0.499. The number of fused-ring (bicyclic) bond motifs is 1. The highest BCUT2D eigenvalue weighted by atomic mass is 79.9. The number of nitrogens with zero attached hydrogens (tertiary/aromatic N) is 1. The van der Waals surface area contributed by atoms with Crippen molar-refractivity contribution in [2.75, 3.05) is 13.1 Å². The molecule has 0 aliphatic carbocycles. The molecule has 2 N–H and O–H groups in total. The van der Waals surface area contributed by atoms with Crippen LogP contribution in [0.3, 0.4) is 0 Å². The molecular formula is C16H17BrN2O3. The van der Waals surface area contributed by atoms with E-state index < -0.39 is 11.4 Å². The largest absolute Gasteiger partial charge is 0.481 e. The third-order valence-corrected chi connectivity index (χ3v) is 5.18. The Balaban J connectivity index is 1.92. The number of hydrogen-bond acceptors (Lipinski definition) is 2. The average molecular weight is 365 g/mol. The fourth-order valence-corrected chi connectivity index (χ4v) is 3.62. The molecule has 0 radical (unpaired) electrons. The average Bonchev–Trinajstić information content (AvgIpc) is 2.84. The van der Waals surface area contributed by atoms with Gasteiger partial charge in [-0.1, -0.05) is 18.2 Å². The second-order valence-corrected chi connectivity index (χ2v) is 6.85.